The second-order valence-corrected chi connectivity index (χ2v) is 4.49. The van der Waals surface area contributed by atoms with Crippen LogP contribution in [0.15, 0.2) is 24.3 Å². The Morgan fingerprint density at radius 3 is 2.55 bits per heavy atom. The fourth-order valence-electron chi connectivity index (χ4n) is 2.07. The van der Waals surface area contributed by atoms with E-state index in [1.165, 1.54) is 19.1 Å². The summed E-state index contributed by atoms with van der Waals surface area (Å²) in [6, 6.07) is 4.75. The summed E-state index contributed by atoms with van der Waals surface area (Å²) in [5.74, 6) is -3.16. The van der Waals surface area contributed by atoms with Gasteiger partial charge in [0.25, 0.3) is 0 Å². The number of aliphatic carboxylic acids is 1. The molecular formula is C14H17FO5. The number of aliphatic hydroxyl groups excluding tert-OH is 1. The van der Waals surface area contributed by atoms with Crippen LogP contribution in [0.2, 0.25) is 0 Å². The molecule has 1 aromatic rings. The maximum Gasteiger partial charge on any atom is 0.328 e. The maximum atomic E-state index is 13.3. The zero-order valence-corrected chi connectivity index (χ0v) is 11.3. The molecule has 0 aliphatic carbocycles. The highest BCUT2D eigenvalue weighted by Gasteiger charge is 2.50. The molecule has 1 aromatic carbocycles. The molecule has 0 saturated heterocycles. The van der Waals surface area contributed by atoms with Crippen LogP contribution in [0.25, 0.3) is 0 Å². The summed E-state index contributed by atoms with van der Waals surface area (Å²) >= 11 is 0. The van der Waals surface area contributed by atoms with Gasteiger partial charge in [0.15, 0.2) is 5.41 Å². The smallest absolute Gasteiger partial charge is 0.328 e. The Bertz CT molecular complexity index is 500. The van der Waals surface area contributed by atoms with Crippen molar-refractivity contribution >= 4 is 11.9 Å². The predicted octanol–water partition coefficient (Wildman–Crippen LogP) is 1.48. The Hall–Kier alpha value is -1.95. The second kappa shape index (κ2) is 6.47. The highest BCUT2D eigenvalue weighted by Crippen LogP contribution is 2.32. The fraction of sp³-hybridized carbons (Fsp3) is 0.429. The number of carbonyl (C=O) groups is 2. The number of benzene rings is 1. The first-order valence-corrected chi connectivity index (χ1v) is 6.19. The SMILES string of the molecule is CCOC(=O)C(CC(C)O)(C(=O)O)c1cccc(F)c1. The van der Waals surface area contributed by atoms with Gasteiger partial charge >= 0.3 is 11.9 Å². The number of carboxylic acid groups (broad SMARTS) is 1. The third kappa shape index (κ3) is 3.14. The average molecular weight is 284 g/mol. The Morgan fingerprint density at radius 2 is 2.10 bits per heavy atom. The van der Waals surface area contributed by atoms with Crippen LogP contribution in [-0.4, -0.2) is 34.9 Å². The van der Waals surface area contributed by atoms with Crippen LogP contribution in [-0.2, 0) is 19.7 Å². The number of carbonyl (C=O) groups excluding carboxylic acids is 1. The van der Waals surface area contributed by atoms with Crippen molar-refractivity contribution in [3.63, 3.8) is 0 Å². The van der Waals surface area contributed by atoms with Crippen molar-refractivity contribution in [2.75, 3.05) is 6.61 Å². The molecule has 20 heavy (non-hydrogen) atoms. The first-order chi connectivity index (χ1) is 9.34. The van der Waals surface area contributed by atoms with E-state index in [4.69, 9.17) is 4.74 Å². The maximum absolute atomic E-state index is 13.3. The van der Waals surface area contributed by atoms with Gasteiger partial charge in [-0.2, -0.15) is 0 Å². The minimum atomic E-state index is -2.12. The Balaban J connectivity index is 3.44. The van der Waals surface area contributed by atoms with E-state index in [0.29, 0.717) is 0 Å². The monoisotopic (exact) mass is 284 g/mol. The summed E-state index contributed by atoms with van der Waals surface area (Å²) in [4.78, 5) is 23.8. The van der Waals surface area contributed by atoms with E-state index in [-0.39, 0.29) is 12.2 Å². The molecule has 5 nitrogen and oxygen atoms in total. The van der Waals surface area contributed by atoms with E-state index in [2.05, 4.69) is 0 Å². The molecule has 0 spiro atoms. The Labute approximate surface area is 116 Å². The van der Waals surface area contributed by atoms with Gasteiger partial charge < -0.3 is 14.9 Å². The van der Waals surface area contributed by atoms with Crippen LogP contribution >= 0.6 is 0 Å². The molecule has 0 aliphatic heterocycles. The molecular weight excluding hydrogens is 267 g/mol. The standard InChI is InChI=1S/C14H17FO5/c1-3-20-13(19)14(12(17)18,8-9(2)16)10-5-4-6-11(15)7-10/h4-7,9,16H,3,8H2,1-2H3,(H,17,18). The highest BCUT2D eigenvalue weighted by molar-refractivity contribution is 6.05. The van der Waals surface area contributed by atoms with Gasteiger partial charge in [-0.1, -0.05) is 12.1 Å². The van der Waals surface area contributed by atoms with Crippen LogP contribution in [0.4, 0.5) is 4.39 Å². The van der Waals surface area contributed by atoms with E-state index < -0.39 is 35.7 Å². The van der Waals surface area contributed by atoms with Crippen molar-refractivity contribution in [2.24, 2.45) is 0 Å². The van der Waals surface area contributed by atoms with Gasteiger partial charge in [0, 0.05) is 6.42 Å². The van der Waals surface area contributed by atoms with Gasteiger partial charge in [0.2, 0.25) is 0 Å². The van der Waals surface area contributed by atoms with E-state index in [9.17, 15) is 24.2 Å². The number of ether oxygens (including phenoxy) is 1. The van der Waals surface area contributed by atoms with Crippen LogP contribution in [0.1, 0.15) is 25.8 Å². The van der Waals surface area contributed by atoms with Crippen LogP contribution in [0.5, 0.6) is 0 Å². The molecule has 110 valence electrons. The van der Waals surface area contributed by atoms with Crippen LogP contribution in [0.3, 0.4) is 0 Å². The van der Waals surface area contributed by atoms with Crippen molar-refractivity contribution in [2.45, 2.75) is 31.8 Å². The lowest BCUT2D eigenvalue weighted by atomic mass is 9.76. The summed E-state index contributed by atoms with van der Waals surface area (Å²) in [6.45, 7) is 2.89. The molecule has 0 aliphatic rings. The molecule has 0 bridgehead atoms. The van der Waals surface area contributed by atoms with Crippen LogP contribution in [0, 0.1) is 5.82 Å². The largest absolute Gasteiger partial charge is 0.480 e. The lowest BCUT2D eigenvalue weighted by molar-refractivity contribution is -0.163. The van der Waals surface area contributed by atoms with Crippen molar-refractivity contribution < 1.29 is 28.9 Å². The molecule has 0 aromatic heterocycles. The van der Waals surface area contributed by atoms with Crippen molar-refractivity contribution in [1.29, 1.82) is 0 Å². The number of carboxylic acids is 1. The quantitative estimate of drug-likeness (QED) is 0.610. The van der Waals surface area contributed by atoms with E-state index in [0.717, 1.165) is 12.1 Å². The third-order valence-electron chi connectivity index (χ3n) is 2.91. The van der Waals surface area contributed by atoms with Crippen molar-refractivity contribution in [1.82, 2.24) is 0 Å². The number of esters is 1. The summed E-state index contributed by atoms with van der Waals surface area (Å²) in [5.41, 5.74) is -2.17. The molecule has 6 heteroatoms. The Morgan fingerprint density at radius 1 is 1.45 bits per heavy atom. The molecule has 0 heterocycles. The number of rotatable bonds is 6. The van der Waals surface area contributed by atoms with E-state index in [1.54, 1.807) is 6.92 Å². The molecule has 2 atom stereocenters. The van der Waals surface area contributed by atoms with Gasteiger partial charge in [-0.3, -0.25) is 9.59 Å². The fourth-order valence-corrected chi connectivity index (χ4v) is 2.07. The van der Waals surface area contributed by atoms with Crippen LogP contribution < -0.4 is 0 Å². The zero-order valence-electron chi connectivity index (χ0n) is 11.3. The molecule has 2 N–H and O–H groups in total. The third-order valence-corrected chi connectivity index (χ3v) is 2.91. The van der Waals surface area contributed by atoms with Crippen molar-refractivity contribution in [3.05, 3.63) is 35.6 Å². The van der Waals surface area contributed by atoms with Crippen molar-refractivity contribution in [3.8, 4) is 0 Å². The van der Waals surface area contributed by atoms with Gasteiger partial charge in [0.05, 0.1) is 12.7 Å². The van der Waals surface area contributed by atoms with E-state index >= 15 is 0 Å². The normalized spacial score (nSPS) is 15.2. The molecule has 0 amide bonds. The first kappa shape index (κ1) is 16.1. The van der Waals surface area contributed by atoms with Gasteiger partial charge in [-0.15, -0.1) is 0 Å². The number of aliphatic hydroxyl groups is 1. The Kier molecular flexibility index (Phi) is 5.21. The summed E-state index contributed by atoms with van der Waals surface area (Å²) < 4.78 is 18.2. The van der Waals surface area contributed by atoms with E-state index in [1.807, 2.05) is 0 Å². The lowest BCUT2D eigenvalue weighted by Crippen LogP contribution is -2.47. The molecule has 1 rings (SSSR count). The second-order valence-electron chi connectivity index (χ2n) is 4.49. The average Bonchev–Trinajstić information content (AvgIpc) is 2.35. The lowest BCUT2D eigenvalue weighted by Gasteiger charge is -2.28. The molecule has 0 radical (unpaired) electrons. The van der Waals surface area contributed by atoms with Gasteiger partial charge in [-0.25, -0.2) is 4.39 Å². The topological polar surface area (TPSA) is 83.8 Å². The molecule has 0 saturated carbocycles. The predicted molar refractivity (Wildman–Crippen MR) is 68.6 cm³/mol. The molecule has 2 unspecified atom stereocenters. The number of hydrogen-bond acceptors (Lipinski definition) is 4. The number of hydrogen-bond donors (Lipinski definition) is 2. The highest BCUT2D eigenvalue weighted by atomic mass is 19.1. The number of halogens is 1. The first-order valence-electron chi connectivity index (χ1n) is 6.19. The molecule has 0 fully saturated rings. The minimum Gasteiger partial charge on any atom is -0.480 e. The van der Waals surface area contributed by atoms with Gasteiger partial charge in [0.1, 0.15) is 5.82 Å². The summed E-state index contributed by atoms with van der Waals surface area (Å²) in [7, 11) is 0. The zero-order chi connectivity index (χ0) is 15.3. The summed E-state index contributed by atoms with van der Waals surface area (Å²) in [5, 5.41) is 19.0. The minimum absolute atomic E-state index is 0.0109. The van der Waals surface area contributed by atoms with Gasteiger partial charge in [-0.05, 0) is 31.5 Å². The summed E-state index contributed by atoms with van der Waals surface area (Å²) in [6.07, 6.45) is -1.47.